The highest BCUT2D eigenvalue weighted by atomic mass is 35.5. The standard InChI is InChI=1S/C6H5ClOS/c7-4-1-6(9-3-4)5-2-8-5/h1,3,5H,2H2/t5-/m0/s1. The van der Waals surface area contributed by atoms with Crippen LogP contribution in [0, 0.1) is 0 Å². The summed E-state index contributed by atoms with van der Waals surface area (Å²) in [5, 5.41) is 2.75. The predicted octanol–water partition coefficient (Wildman–Crippen LogP) is 2.47. The molecule has 0 spiro atoms. The van der Waals surface area contributed by atoms with Gasteiger partial charge in [-0.25, -0.2) is 0 Å². The zero-order valence-electron chi connectivity index (χ0n) is 4.63. The van der Waals surface area contributed by atoms with Crippen LogP contribution in [0.1, 0.15) is 11.0 Å². The summed E-state index contributed by atoms with van der Waals surface area (Å²) in [6, 6.07) is 1.96. The number of hydrogen-bond donors (Lipinski definition) is 0. The second-order valence-electron chi connectivity index (χ2n) is 1.99. The van der Waals surface area contributed by atoms with E-state index < -0.39 is 0 Å². The first-order valence-corrected chi connectivity index (χ1v) is 3.97. The lowest BCUT2D eigenvalue weighted by Crippen LogP contribution is -1.66. The van der Waals surface area contributed by atoms with E-state index >= 15 is 0 Å². The first kappa shape index (κ1) is 5.71. The van der Waals surface area contributed by atoms with E-state index in [2.05, 4.69) is 0 Å². The van der Waals surface area contributed by atoms with Gasteiger partial charge in [0.15, 0.2) is 0 Å². The zero-order chi connectivity index (χ0) is 6.27. The largest absolute Gasteiger partial charge is 0.367 e. The summed E-state index contributed by atoms with van der Waals surface area (Å²) in [5.74, 6) is 0. The van der Waals surface area contributed by atoms with E-state index in [9.17, 15) is 0 Å². The van der Waals surface area contributed by atoms with Crippen LogP contribution in [0.3, 0.4) is 0 Å². The van der Waals surface area contributed by atoms with Crippen molar-refractivity contribution in [1.82, 2.24) is 0 Å². The van der Waals surface area contributed by atoms with Gasteiger partial charge in [0.1, 0.15) is 6.10 Å². The van der Waals surface area contributed by atoms with Crippen molar-refractivity contribution in [2.45, 2.75) is 6.10 Å². The van der Waals surface area contributed by atoms with E-state index in [1.54, 1.807) is 11.3 Å². The molecule has 3 heteroatoms. The van der Waals surface area contributed by atoms with Crippen molar-refractivity contribution in [1.29, 1.82) is 0 Å². The summed E-state index contributed by atoms with van der Waals surface area (Å²) in [7, 11) is 0. The Morgan fingerprint density at radius 3 is 3.00 bits per heavy atom. The van der Waals surface area contributed by atoms with Crippen LogP contribution in [-0.2, 0) is 4.74 Å². The van der Waals surface area contributed by atoms with Gasteiger partial charge in [-0.3, -0.25) is 0 Å². The molecule has 0 aliphatic carbocycles. The van der Waals surface area contributed by atoms with Gasteiger partial charge in [-0.1, -0.05) is 11.6 Å². The van der Waals surface area contributed by atoms with Crippen molar-refractivity contribution >= 4 is 22.9 Å². The molecule has 0 bridgehead atoms. The topological polar surface area (TPSA) is 12.5 Å². The van der Waals surface area contributed by atoms with Gasteiger partial charge in [0, 0.05) is 10.3 Å². The molecule has 0 aromatic carbocycles. The molecule has 9 heavy (non-hydrogen) atoms. The van der Waals surface area contributed by atoms with Crippen molar-refractivity contribution in [3.63, 3.8) is 0 Å². The van der Waals surface area contributed by atoms with E-state index in [-0.39, 0.29) is 0 Å². The first-order chi connectivity index (χ1) is 4.36. The molecule has 1 aliphatic heterocycles. The Balaban J connectivity index is 2.28. The monoisotopic (exact) mass is 160 g/mol. The third-order valence-electron chi connectivity index (χ3n) is 1.24. The van der Waals surface area contributed by atoms with Crippen LogP contribution in [0.5, 0.6) is 0 Å². The Morgan fingerprint density at radius 1 is 1.78 bits per heavy atom. The normalized spacial score (nSPS) is 24.3. The van der Waals surface area contributed by atoms with Crippen molar-refractivity contribution in [3.8, 4) is 0 Å². The predicted molar refractivity (Wildman–Crippen MR) is 38.0 cm³/mol. The average Bonchev–Trinajstić information content (AvgIpc) is 2.58. The van der Waals surface area contributed by atoms with Crippen LogP contribution in [0.4, 0.5) is 0 Å². The molecule has 1 atom stereocenters. The Morgan fingerprint density at radius 2 is 2.56 bits per heavy atom. The minimum atomic E-state index is 0.363. The third kappa shape index (κ3) is 1.11. The lowest BCUT2D eigenvalue weighted by molar-refractivity contribution is 0.418. The maximum absolute atomic E-state index is 5.69. The Bertz CT molecular complexity index is 217. The molecule has 2 heterocycles. The lowest BCUT2D eigenvalue weighted by atomic mass is 10.4. The number of ether oxygens (including phenoxy) is 1. The van der Waals surface area contributed by atoms with Crippen LogP contribution in [0.25, 0.3) is 0 Å². The van der Waals surface area contributed by atoms with Gasteiger partial charge in [-0.2, -0.15) is 0 Å². The van der Waals surface area contributed by atoms with E-state index in [0.717, 1.165) is 11.6 Å². The molecule has 1 nitrogen and oxygen atoms in total. The smallest absolute Gasteiger partial charge is 0.115 e. The minimum Gasteiger partial charge on any atom is -0.367 e. The van der Waals surface area contributed by atoms with Crippen LogP contribution >= 0.6 is 22.9 Å². The molecule has 0 saturated carbocycles. The number of halogens is 1. The molecular formula is C6H5ClOS. The Kier molecular flexibility index (Phi) is 1.25. The van der Waals surface area contributed by atoms with Crippen LogP contribution in [-0.4, -0.2) is 6.61 Å². The van der Waals surface area contributed by atoms with Crippen molar-refractivity contribution in [2.24, 2.45) is 0 Å². The van der Waals surface area contributed by atoms with E-state index in [1.807, 2.05) is 11.4 Å². The molecule has 0 amide bonds. The number of epoxide rings is 1. The van der Waals surface area contributed by atoms with Crippen molar-refractivity contribution < 1.29 is 4.74 Å². The van der Waals surface area contributed by atoms with Gasteiger partial charge in [0.05, 0.1) is 11.6 Å². The van der Waals surface area contributed by atoms with E-state index in [1.165, 1.54) is 4.88 Å². The summed E-state index contributed by atoms with van der Waals surface area (Å²) < 4.78 is 5.06. The van der Waals surface area contributed by atoms with Gasteiger partial charge in [-0.05, 0) is 6.07 Å². The maximum atomic E-state index is 5.69. The molecule has 1 aliphatic rings. The van der Waals surface area contributed by atoms with E-state index in [0.29, 0.717) is 6.10 Å². The second kappa shape index (κ2) is 1.97. The highest BCUT2D eigenvalue weighted by Gasteiger charge is 2.25. The quantitative estimate of drug-likeness (QED) is 0.575. The lowest BCUT2D eigenvalue weighted by Gasteiger charge is -1.79. The zero-order valence-corrected chi connectivity index (χ0v) is 6.21. The van der Waals surface area contributed by atoms with E-state index in [4.69, 9.17) is 16.3 Å². The molecule has 1 aromatic heterocycles. The second-order valence-corrected chi connectivity index (χ2v) is 3.37. The molecule has 2 rings (SSSR count). The molecule has 1 aromatic rings. The molecule has 1 fully saturated rings. The van der Waals surface area contributed by atoms with Gasteiger partial charge in [0.2, 0.25) is 0 Å². The van der Waals surface area contributed by atoms with Gasteiger partial charge >= 0.3 is 0 Å². The molecule has 0 N–H and O–H groups in total. The first-order valence-electron chi connectivity index (χ1n) is 2.72. The summed E-state index contributed by atoms with van der Waals surface area (Å²) in [4.78, 5) is 1.25. The van der Waals surface area contributed by atoms with Crippen LogP contribution in [0.2, 0.25) is 5.02 Å². The Labute approximate surface area is 62.2 Å². The summed E-state index contributed by atoms with van der Waals surface area (Å²) in [5.41, 5.74) is 0. The number of hydrogen-bond acceptors (Lipinski definition) is 2. The van der Waals surface area contributed by atoms with Gasteiger partial charge in [0.25, 0.3) is 0 Å². The fraction of sp³-hybridized carbons (Fsp3) is 0.333. The van der Waals surface area contributed by atoms with Crippen LogP contribution < -0.4 is 0 Å². The van der Waals surface area contributed by atoms with Gasteiger partial charge in [-0.15, -0.1) is 11.3 Å². The fourth-order valence-electron chi connectivity index (χ4n) is 0.709. The van der Waals surface area contributed by atoms with Crippen molar-refractivity contribution in [3.05, 3.63) is 21.3 Å². The van der Waals surface area contributed by atoms with Crippen LogP contribution in [0.15, 0.2) is 11.4 Å². The highest BCUT2D eigenvalue weighted by Crippen LogP contribution is 2.35. The molecule has 1 saturated heterocycles. The Hall–Kier alpha value is -0.0500. The number of thiophene rings is 1. The summed E-state index contributed by atoms with van der Waals surface area (Å²) in [6.07, 6.45) is 0.363. The molecule has 0 unspecified atom stereocenters. The molecule has 0 radical (unpaired) electrons. The average molecular weight is 161 g/mol. The molecule has 48 valence electrons. The van der Waals surface area contributed by atoms with Crippen molar-refractivity contribution in [2.75, 3.05) is 6.61 Å². The highest BCUT2D eigenvalue weighted by molar-refractivity contribution is 7.10. The SMILES string of the molecule is Clc1csc([C@@H]2CO2)c1. The summed E-state index contributed by atoms with van der Waals surface area (Å²) in [6.45, 7) is 0.872. The maximum Gasteiger partial charge on any atom is 0.115 e. The van der Waals surface area contributed by atoms with Gasteiger partial charge < -0.3 is 4.74 Å². The minimum absolute atomic E-state index is 0.363. The molecular weight excluding hydrogens is 156 g/mol. The third-order valence-corrected chi connectivity index (χ3v) is 2.61. The summed E-state index contributed by atoms with van der Waals surface area (Å²) >= 11 is 7.35. The fourth-order valence-corrected chi connectivity index (χ4v) is 1.82. The number of rotatable bonds is 1.